The van der Waals surface area contributed by atoms with Crippen LogP contribution in [0, 0.1) is 12.8 Å². The quantitative estimate of drug-likeness (QED) is 0.751. The van der Waals surface area contributed by atoms with Gasteiger partial charge in [0.25, 0.3) is 0 Å². The minimum atomic E-state index is -0.0608. The summed E-state index contributed by atoms with van der Waals surface area (Å²) in [7, 11) is 0. The Balaban J connectivity index is 1.45. The number of hydrogen-bond acceptors (Lipinski definition) is 4. The molecule has 1 amide bonds. The van der Waals surface area contributed by atoms with Gasteiger partial charge in [-0.3, -0.25) is 9.20 Å². The molecule has 1 atom stereocenters. The van der Waals surface area contributed by atoms with Gasteiger partial charge >= 0.3 is 0 Å². The molecule has 1 aliphatic rings. The molecule has 7 heteroatoms. The van der Waals surface area contributed by atoms with Crippen molar-refractivity contribution in [3.63, 3.8) is 0 Å². The van der Waals surface area contributed by atoms with E-state index in [0.717, 1.165) is 42.2 Å². The summed E-state index contributed by atoms with van der Waals surface area (Å²) in [6.07, 6.45) is 1.84. The number of aryl methyl sites for hydroxylation is 1. The molecule has 0 spiro atoms. The van der Waals surface area contributed by atoms with Crippen molar-refractivity contribution in [1.29, 1.82) is 0 Å². The van der Waals surface area contributed by atoms with Gasteiger partial charge in [-0.1, -0.05) is 29.8 Å². The van der Waals surface area contributed by atoms with Gasteiger partial charge in [0.15, 0.2) is 5.65 Å². The van der Waals surface area contributed by atoms with Crippen LogP contribution in [0.1, 0.15) is 24.1 Å². The van der Waals surface area contributed by atoms with Crippen molar-refractivity contribution in [1.82, 2.24) is 19.9 Å². The third-order valence-corrected chi connectivity index (χ3v) is 5.27. The van der Waals surface area contributed by atoms with Crippen LogP contribution in [0.3, 0.4) is 0 Å². The van der Waals surface area contributed by atoms with E-state index < -0.39 is 0 Å². The summed E-state index contributed by atoms with van der Waals surface area (Å²) in [5, 5.41) is 12.4. The van der Waals surface area contributed by atoms with Crippen molar-refractivity contribution in [2.75, 3.05) is 18.0 Å². The summed E-state index contributed by atoms with van der Waals surface area (Å²) in [4.78, 5) is 14.9. The average molecular weight is 384 g/mol. The maximum absolute atomic E-state index is 12.7. The fourth-order valence-electron chi connectivity index (χ4n) is 3.64. The van der Waals surface area contributed by atoms with Crippen LogP contribution in [0.2, 0.25) is 5.02 Å². The number of anilines is 1. The second-order valence-corrected chi connectivity index (χ2v) is 7.43. The van der Waals surface area contributed by atoms with E-state index in [9.17, 15) is 4.79 Å². The Labute approximate surface area is 163 Å². The molecule has 27 heavy (non-hydrogen) atoms. The minimum absolute atomic E-state index is 0.0608. The number of pyridine rings is 1. The molecule has 1 fully saturated rings. The van der Waals surface area contributed by atoms with Gasteiger partial charge in [-0.25, -0.2) is 0 Å². The van der Waals surface area contributed by atoms with Crippen LogP contribution >= 0.6 is 11.6 Å². The lowest BCUT2D eigenvalue weighted by Crippen LogP contribution is -2.43. The van der Waals surface area contributed by atoms with Crippen molar-refractivity contribution >= 4 is 29.1 Å². The highest BCUT2D eigenvalue weighted by atomic mass is 35.5. The molecule has 0 saturated carbocycles. The zero-order valence-electron chi connectivity index (χ0n) is 15.2. The summed E-state index contributed by atoms with van der Waals surface area (Å²) in [5.74, 6) is 0.829. The molecule has 3 heterocycles. The lowest BCUT2D eigenvalue weighted by Gasteiger charge is -2.32. The smallest absolute Gasteiger partial charge is 0.231 e. The molecule has 1 N–H and O–H groups in total. The van der Waals surface area contributed by atoms with Gasteiger partial charge in [-0.05, 0) is 49.6 Å². The molecular weight excluding hydrogens is 362 g/mol. The molecule has 1 aromatic carbocycles. The third kappa shape index (κ3) is 3.76. The first kappa shape index (κ1) is 17.8. The van der Waals surface area contributed by atoms with E-state index in [-0.39, 0.29) is 11.8 Å². The topological polar surface area (TPSA) is 62.5 Å². The molecule has 140 valence electrons. The van der Waals surface area contributed by atoms with E-state index in [1.807, 2.05) is 53.8 Å². The SMILES string of the molecule is Cc1cccc2nnc(N3CCC[C@H](C(=O)NCc4cccc(Cl)c4)C3)n12. The minimum Gasteiger partial charge on any atom is -0.352 e. The van der Waals surface area contributed by atoms with Crippen LogP contribution in [-0.4, -0.2) is 33.6 Å². The van der Waals surface area contributed by atoms with Gasteiger partial charge < -0.3 is 10.2 Å². The molecule has 4 rings (SSSR count). The lowest BCUT2D eigenvalue weighted by atomic mass is 9.97. The lowest BCUT2D eigenvalue weighted by molar-refractivity contribution is -0.125. The Hall–Kier alpha value is -2.60. The van der Waals surface area contributed by atoms with E-state index in [0.29, 0.717) is 18.1 Å². The van der Waals surface area contributed by atoms with Crippen LogP contribution in [0.15, 0.2) is 42.5 Å². The predicted octanol–water partition coefficient (Wildman–Crippen LogP) is 3.22. The van der Waals surface area contributed by atoms with E-state index in [1.54, 1.807) is 0 Å². The molecule has 0 bridgehead atoms. The summed E-state index contributed by atoms with van der Waals surface area (Å²) in [5.41, 5.74) is 2.92. The molecule has 6 nitrogen and oxygen atoms in total. The number of halogens is 1. The van der Waals surface area contributed by atoms with Crippen molar-refractivity contribution < 1.29 is 4.79 Å². The number of piperidine rings is 1. The second-order valence-electron chi connectivity index (χ2n) is 6.99. The van der Waals surface area contributed by atoms with Gasteiger partial charge in [0.2, 0.25) is 11.9 Å². The monoisotopic (exact) mass is 383 g/mol. The zero-order valence-corrected chi connectivity index (χ0v) is 16.0. The van der Waals surface area contributed by atoms with E-state index in [4.69, 9.17) is 11.6 Å². The Morgan fingerprint density at radius 3 is 2.96 bits per heavy atom. The number of hydrogen-bond donors (Lipinski definition) is 1. The molecule has 2 aromatic heterocycles. The number of carbonyl (C=O) groups excluding carboxylic acids is 1. The first-order valence-electron chi connectivity index (χ1n) is 9.19. The average Bonchev–Trinajstić information content (AvgIpc) is 3.12. The van der Waals surface area contributed by atoms with Gasteiger partial charge in [0.05, 0.1) is 5.92 Å². The number of nitrogens with one attached hydrogen (secondary N) is 1. The highest BCUT2D eigenvalue weighted by molar-refractivity contribution is 6.30. The van der Waals surface area contributed by atoms with Crippen LogP contribution in [0.5, 0.6) is 0 Å². The van der Waals surface area contributed by atoms with E-state index in [2.05, 4.69) is 20.4 Å². The summed E-state index contributed by atoms with van der Waals surface area (Å²) in [6.45, 7) is 4.06. The van der Waals surface area contributed by atoms with Gasteiger partial charge in [0.1, 0.15) is 0 Å². The maximum Gasteiger partial charge on any atom is 0.231 e. The molecule has 0 radical (unpaired) electrons. The number of rotatable bonds is 4. The van der Waals surface area contributed by atoms with Crippen LogP contribution < -0.4 is 10.2 Å². The number of aromatic nitrogens is 3. The third-order valence-electron chi connectivity index (χ3n) is 5.04. The summed E-state index contributed by atoms with van der Waals surface area (Å²) in [6, 6.07) is 13.5. The Bertz CT molecular complexity index is 970. The first-order chi connectivity index (χ1) is 13.1. The predicted molar refractivity (Wildman–Crippen MR) is 106 cm³/mol. The summed E-state index contributed by atoms with van der Waals surface area (Å²) < 4.78 is 2.05. The Morgan fingerprint density at radius 1 is 1.26 bits per heavy atom. The summed E-state index contributed by atoms with van der Waals surface area (Å²) >= 11 is 6.01. The largest absolute Gasteiger partial charge is 0.352 e. The second kappa shape index (κ2) is 7.56. The fraction of sp³-hybridized carbons (Fsp3) is 0.350. The van der Waals surface area contributed by atoms with E-state index in [1.165, 1.54) is 0 Å². The van der Waals surface area contributed by atoms with Crippen molar-refractivity contribution in [3.8, 4) is 0 Å². The highest BCUT2D eigenvalue weighted by Gasteiger charge is 2.28. The molecule has 1 aliphatic heterocycles. The highest BCUT2D eigenvalue weighted by Crippen LogP contribution is 2.23. The molecule has 3 aromatic rings. The van der Waals surface area contributed by atoms with Crippen LogP contribution in [0.25, 0.3) is 5.65 Å². The van der Waals surface area contributed by atoms with Crippen molar-refractivity contribution in [2.45, 2.75) is 26.3 Å². The first-order valence-corrected chi connectivity index (χ1v) is 9.57. The normalized spacial score (nSPS) is 17.3. The van der Waals surface area contributed by atoms with E-state index >= 15 is 0 Å². The number of nitrogens with zero attached hydrogens (tertiary/aromatic N) is 4. The molecular formula is C20H22ClN5O. The number of amides is 1. The maximum atomic E-state index is 12.7. The number of carbonyl (C=O) groups is 1. The van der Waals surface area contributed by atoms with Crippen molar-refractivity contribution in [3.05, 3.63) is 58.7 Å². The van der Waals surface area contributed by atoms with Gasteiger partial charge in [0, 0.05) is 30.4 Å². The van der Waals surface area contributed by atoms with Crippen molar-refractivity contribution in [2.24, 2.45) is 5.92 Å². The molecule has 0 aliphatic carbocycles. The number of fused-ring (bicyclic) bond motifs is 1. The number of benzene rings is 1. The Kier molecular flexibility index (Phi) is 4.99. The van der Waals surface area contributed by atoms with Gasteiger partial charge in [-0.15, -0.1) is 10.2 Å². The Morgan fingerprint density at radius 2 is 2.11 bits per heavy atom. The van der Waals surface area contributed by atoms with Crippen LogP contribution in [0.4, 0.5) is 5.95 Å². The molecule has 0 unspecified atom stereocenters. The molecule has 1 saturated heterocycles. The zero-order chi connectivity index (χ0) is 18.8. The fourth-order valence-corrected chi connectivity index (χ4v) is 3.85. The van der Waals surface area contributed by atoms with Crippen LogP contribution in [-0.2, 0) is 11.3 Å². The van der Waals surface area contributed by atoms with Gasteiger partial charge in [-0.2, -0.15) is 0 Å². The standard InChI is InChI=1S/C20H22ClN5O/c1-14-5-2-9-18-23-24-20(26(14)18)25-10-4-7-16(13-25)19(27)22-12-15-6-3-8-17(21)11-15/h2-3,5-6,8-9,11,16H,4,7,10,12-13H2,1H3,(H,22,27)/t16-/m0/s1.